The van der Waals surface area contributed by atoms with E-state index in [4.69, 9.17) is 0 Å². The molecule has 2 N–H and O–H groups in total. The van der Waals surface area contributed by atoms with Crippen molar-refractivity contribution in [3.05, 3.63) is 11.9 Å². The molecule has 5 heteroatoms. The maximum Gasteiger partial charge on any atom is 0.133 e. The van der Waals surface area contributed by atoms with Gasteiger partial charge >= 0.3 is 0 Å². The molecule has 1 atom stereocenters. The Morgan fingerprint density at radius 2 is 2.00 bits per heavy atom. The normalized spacial score (nSPS) is 19.2. The van der Waals surface area contributed by atoms with Crippen molar-refractivity contribution in [2.45, 2.75) is 45.6 Å². The Morgan fingerprint density at radius 1 is 1.25 bits per heavy atom. The Labute approximate surface area is 122 Å². The molecule has 1 saturated heterocycles. The lowest BCUT2D eigenvalue weighted by Crippen LogP contribution is -2.31. The Bertz CT molecular complexity index is 396. The highest BCUT2D eigenvalue weighted by Gasteiger charge is 2.20. The van der Waals surface area contributed by atoms with Gasteiger partial charge in [0.05, 0.1) is 0 Å². The molecule has 0 aromatic carbocycles. The first-order chi connectivity index (χ1) is 9.72. The molecule has 0 aliphatic carbocycles. The molecule has 1 aliphatic rings. The standard InChI is InChI=1S/C15H27N5/c1-4-7-13-18-14(16-5-2)10-15(19-13)17-11-12-8-6-9-20(12)3/h10,12H,4-9,11H2,1-3H3,(H2,16,17,18,19). The number of rotatable bonds is 7. The summed E-state index contributed by atoms with van der Waals surface area (Å²) >= 11 is 0. The van der Waals surface area contributed by atoms with Crippen LogP contribution in [0.25, 0.3) is 0 Å². The van der Waals surface area contributed by atoms with Crippen LogP contribution in [0, 0.1) is 0 Å². The van der Waals surface area contributed by atoms with Crippen molar-refractivity contribution >= 4 is 11.6 Å². The molecule has 0 radical (unpaired) electrons. The van der Waals surface area contributed by atoms with Crippen LogP contribution in [0.3, 0.4) is 0 Å². The van der Waals surface area contributed by atoms with Crippen molar-refractivity contribution < 1.29 is 0 Å². The maximum absolute atomic E-state index is 4.61. The number of likely N-dealkylation sites (tertiary alicyclic amines) is 1. The molecule has 1 aromatic heterocycles. The van der Waals surface area contributed by atoms with Gasteiger partial charge in [-0.15, -0.1) is 0 Å². The Kier molecular flexibility index (Phi) is 5.59. The fourth-order valence-corrected chi connectivity index (χ4v) is 2.65. The average Bonchev–Trinajstić information content (AvgIpc) is 2.83. The van der Waals surface area contributed by atoms with Gasteiger partial charge in [-0.05, 0) is 39.8 Å². The predicted molar refractivity (Wildman–Crippen MR) is 84.3 cm³/mol. The fraction of sp³-hybridized carbons (Fsp3) is 0.733. The zero-order valence-electron chi connectivity index (χ0n) is 12.9. The topological polar surface area (TPSA) is 53.1 Å². The number of hydrogen-bond acceptors (Lipinski definition) is 5. The third kappa shape index (κ3) is 4.07. The van der Waals surface area contributed by atoms with Crippen LogP contribution in [0.2, 0.25) is 0 Å². The molecule has 0 bridgehead atoms. The Balaban J connectivity index is 2.01. The molecule has 2 heterocycles. The van der Waals surface area contributed by atoms with Gasteiger partial charge in [-0.1, -0.05) is 6.92 Å². The molecule has 5 nitrogen and oxygen atoms in total. The minimum absolute atomic E-state index is 0.627. The molecule has 1 unspecified atom stereocenters. The van der Waals surface area contributed by atoms with Gasteiger partial charge in [-0.3, -0.25) is 0 Å². The van der Waals surface area contributed by atoms with E-state index in [2.05, 4.69) is 46.4 Å². The summed E-state index contributed by atoms with van der Waals surface area (Å²) in [4.78, 5) is 11.6. The quantitative estimate of drug-likeness (QED) is 0.801. The zero-order chi connectivity index (χ0) is 14.4. The number of hydrogen-bond donors (Lipinski definition) is 2. The van der Waals surface area contributed by atoms with Crippen molar-refractivity contribution in [1.82, 2.24) is 14.9 Å². The molecule has 0 amide bonds. The van der Waals surface area contributed by atoms with Crippen LogP contribution in [0.1, 0.15) is 38.9 Å². The number of likely N-dealkylation sites (N-methyl/N-ethyl adjacent to an activating group) is 1. The van der Waals surface area contributed by atoms with Gasteiger partial charge in [0, 0.05) is 31.6 Å². The van der Waals surface area contributed by atoms with Crippen molar-refractivity contribution in [3.8, 4) is 0 Å². The van der Waals surface area contributed by atoms with Crippen LogP contribution in [-0.2, 0) is 6.42 Å². The summed E-state index contributed by atoms with van der Waals surface area (Å²) < 4.78 is 0. The summed E-state index contributed by atoms with van der Waals surface area (Å²) in [6.45, 7) is 7.30. The lowest BCUT2D eigenvalue weighted by Gasteiger charge is -2.20. The van der Waals surface area contributed by atoms with E-state index in [-0.39, 0.29) is 0 Å². The highest BCUT2D eigenvalue weighted by atomic mass is 15.2. The Hall–Kier alpha value is -1.36. The Morgan fingerprint density at radius 3 is 2.60 bits per heavy atom. The lowest BCUT2D eigenvalue weighted by molar-refractivity contribution is 0.322. The van der Waals surface area contributed by atoms with Gasteiger partial charge in [0.1, 0.15) is 17.5 Å². The number of nitrogens with zero attached hydrogens (tertiary/aromatic N) is 3. The largest absolute Gasteiger partial charge is 0.370 e. The number of nitrogens with one attached hydrogen (secondary N) is 2. The highest BCUT2D eigenvalue weighted by Crippen LogP contribution is 2.17. The number of aromatic nitrogens is 2. The van der Waals surface area contributed by atoms with E-state index in [0.29, 0.717) is 6.04 Å². The molecular weight excluding hydrogens is 250 g/mol. The third-order valence-corrected chi connectivity index (χ3v) is 3.79. The van der Waals surface area contributed by atoms with Gasteiger partial charge < -0.3 is 15.5 Å². The molecular formula is C15H27N5. The second-order valence-electron chi connectivity index (χ2n) is 5.49. The van der Waals surface area contributed by atoms with Crippen molar-refractivity contribution in [1.29, 1.82) is 0 Å². The first kappa shape index (κ1) is 15.0. The minimum Gasteiger partial charge on any atom is -0.370 e. The average molecular weight is 277 g/mol. The number of aryl methyl sites for hydroxylation is 1. The summed E-state index contributed by atoms with van der Waals surface area (Å²) in [5, 5.41) is 6.76. The van der Waals surface area contributed by atoms with Gasteiger partial charge in [-0.2, -0.15) is 0 Å². The molecule has 112 valence electrons. The van der Waals surface area contributed by atoms with Crippen LogP contribution in [0.4, 0.5) is 11.6 Å². The molecule has 1 fully saturated rings. The molecule has 0 spiro atoms. The second-order valence-corrected chi connectivity index (χ2v) is 5.49. The summed E-state index contributed by atoms with van der Waals surface area (Å²) in [6, 6.07) is 2.64. The maximum atomic E-state index is 4.61. The van der Waals surface area contributed by atoms with Crippen LogP contribution in [0.5, 0.6) is 0 Å². The predicted octanol–water partition coefficient (Wildman–Crippen LogP) is 2.37. The van der Waals surface area contributed by atoms with Crippen LogP contribution >= 0.6 is 0 Å². The third-order valence-electron chi connectivity index (χ3n) is 3.79. The SMILES string of the molecule is CCCc1nc(NCC)cc(NCC2CCCN2C)n1. The van der Waals surface area contributed by atoms with E-state index < -0.39 is 0 Å². The van der Waals surface area contributed by atoms with Crippen molar-refractivity contribution in [2.24, 2.45) is 0 Å². The van der Waals surface area contributed by atoms with E-state index in [1.165, 1.54) is 19.4 Å². The van der Waals surface area contributed by atoms with E-state index in [0.717, 1.165) is 43.4 Å². The van der Waals surface area contributed by atoms with Gasteiger partial charge in [0.25, 0.3) is 0 Å². The van der Waals surface area contributed by atoms with Crippen molar-refractivity contribution in [2.75, 3.05) is 37.3 Å². The molecule has 1 aromatic rings. The van der Waals surface area contributed by atoms with Crippen LogP contribution in [0.15, 0.2) is 6.07 Å². The molecule has 0 saturated carbocycles. The van der Waals surface area contributed by atoms with E-state index >= 15 is 0 Å². The lowest BCUT2D eigenvalue weighted by atomic mass is 10.2. The molecule has 2 rings (SSSR count). The van der Waals surface area contributed by atoms with Gasteiger partial charge in [-0.25, -0.2) is 9.97 Å². The molecule has 20 heavy (non-hydrogen) atoms. The smallest absolute Gasteiger partial charge is 0.133 e. The minimum atomic E-state index is 0.627. The zero-order valence-corrected chi connectivity index (χ0v) is 12.9. The fourth-order valence-electron chi connectivity index (χ4n) is 2.65. The van der Waals surface area contributed by atoms with E-state index in [9.17, 15) is 0 Å². The summed E-state index contributed by atoms with van der Waals surface area (Å²) in [5.41, 5.74) is 0. The summed E-state index contributed by atoms with van der Waals surface area (Å²) in [5.74, 6) is 2.79. The van der Waals surface area contributed by atoms with Crippen LogP contribution < -0.4 is 10.6 Å². The van der Waals surface area contributed by atoms with E-state index in [1.54, 1.807) is 0 Å². The second kappa shape index (κ2) is 7.43. The summed E-state index contributed by atoms with van der Waals surface area (Å²) in [6.07, 6.45) is 4.57. The van der Waals surface area contributed by atoms with Crippen molar-refractivity contribution in [3.63, 3.8) is 0 Å². The van der Waals surface area contributed by atoms with Gasteiger partial charge in [0.15, 0.2) is 0 Å². The summed E-state index contributed by atoms with van der Waals surface area (Å²) in [7, 11) is 2.20. The first-order valence-electron chi connectivity index (χ1n) is 7.78. The monoisotopic (exact) mass is 277 g/mol. The molecule has 1 aliphatic heterocycles. The number of anilines is 2. The van der Waals surface area contributed by atoms with Gasteiger partial charge in [0.2, 0.25) is 0 Å². The highest BCUT2D eigenvalue weighted by molar-refractivity contribution is 5.47. The first-order valence-corrected chi connectivity index (χ1v) is 7.78. The van der Waals surface area contributed by atoms with E-state index in [1.807, 2.05) is 6.07 Å². The van der Waals surface area contributed by atoms with Crippen LogP contribution in [-0.4, -0.2) is 47.6 Å².